The highest BCUT2D eigenvalue weighted by atomic mass is 16.5. The molecule has 1 aromatic heterocycles. The van der Waals surface area contributed by atoms with Crippen molar-refractivity contribution in [3.05, 3.63) is 71.4 Å². The van der Waals surface area contributed by atoms with Crippen LogP contribution in [0, 0.1) is 0 Å². The molecule has 2 aromatic carbocycles. The topological polar surface area (TPSA) is 94.5 Å². The molecule has 0 atom stereocenters. The molecule has 0 unspecified atom stereocenters. The number of carbonyl (C=O) groups is 2. The number of anilines is 1. The lowest BCUT2D eigenvalue weighted by Gasteiger charge is -2.09. The van der Waals surface area contributed by atoms with E-state index in [1.165, 1.54) is 4.68 Å². The summed E-state index contributed by atoms with van der Waals surface area (Å²) in [7, 11) is 4.85. The van der Waals surface area contributed by atoms with E-state index in [1.807, 2.05) is 48.5 Å². The van der Waals surface area contributed by atoms with Crippen molar-refractivity contribution in [2.45, 2.75) is 12.8 Å². The minimum Gasteiger partial charge on any atom is -0.493 e. The number of hydrogen-bond donors (Lipinski definition) is 2. The maximum absolute atomic E-state index is 12.5. The maximum Gasteiger partial charge on any atom is 0.271 e. The highest BCUT2D eigenvalue weighted by Crippen LogP contribution is 2.27. The van der Waals surface area contributed by atoms with Crippen LogP contribution in [0.1, 0.15) is 21.6 Å². The molecule has 0 aliphatic heterocycles. The molecule has 0 saturated heterocycles. The summed E-state index contributed by atoms with van der Waals surface area (Å²) in [6, 6.07) is 16.7. The van der Waals surface area contributed by atoms with Crippen LogP contribution >= 0.6 is 0 Å². The average molecular weight is 422 g/mol. The van der Waals surface area contributed by atoms with Crippen LogP contribution in [0.4, 0.5) is 5.82 Å². The Kier molecular flexibility index (Phi) is 7.26. The van der Waals surface area contributed by atoms with E-state index in [9.17, 15) is 9.59 Å². The van der Waals surface area contributed by atoms with E-state index >= 15 is 0 Å². The number of hydrogen-bond acceptors (Lipinski definition) is 5. The van der Waals surface area contributed by atoms with E-state index in [-0.39, 0.29) is 23.9 Å². The summed E-state index contributed by atoms with van der Waals surface area (Å²) in [6.07, 6.45) is 0.873. The molecule has 0 aliphatic rings. The van der Waals surface area contributed by atoms with Gasteiger partial charge in [-0.2, -0.15) is 5.10 Å². The van der Waals surface area contributed by atoms with Gasteiger partial charge in [0.2, 0.25) is 5.91 Å². The Balaban J connectivity index is 1.53. The zero-order valence-electron chi connectivity index (χ0n) is 17.8. The number of benzene rings is 2. The predicted molar refractivity (Wildman–Crippen MR) is 118 cm³/mol. The van der Waals surface area contributed by atoms with Crippen LogP contribution in [0.25, 0.3) is 0 Å². The Morgan fingerprint density at radius 2 is 1.71 bits per heavy atom. The van der Waals surface area contributed by atoms with E-state index in [0.717, 1.165) is 11.1 Å². The van der Waals surface area contributed by atoms with Crippen LogP contribution in [-0.2, 0) is 24.7 Å². The fraction of sp³-hybridized carbons (Fsp3) is 0.261. The molecule has 0 fully saturated rings. The van der Waals surface area contributed by atoms with Gasteiger partial charge in [-0.25, -0.2) is 0 Å². The number of nitrogens with zero attached hydrogens (tertiary/aromatic N) is 2. The molecule has 31 heavy (non-hydrogen) atoms. The summed E-state index contributed by atoms with van der Waals surface area (Å²) in [5.41, 5.74) is 2.16. The fourth-order valence-electron chi connectivity index (χ4n) is 3.11. The van der Waals surface area contributed by atoms with Gasteiger partial charge in [-0.15, -0.1) is 0 Å². The van der Waals surface area contributed by atoms with Crippen LogP contribution in [0.2, 0.25) is 0 Å². The van der Waals surface area contributed by atoms with Gasteiger partial charge >= 0.3 is 0 Å². The monoisotopic (exact) mass is 422 g/mol. The minimum absolute atomic E-state index is 0.172. The fourth-order valence-corrected chi connectivity index (χ4v) is 3.11. The van der Waals surface area contributed by atoms with Crippen LogP contribution in [0.15, 0.2) is 54.6 Å². The molecule has 0 bridgehead atoms. The van der Waals surface area contributed by atoms with Crippen LogP contribution < -0.4 is 20.1 Å². The first-order valence-corrected chi connectivity index (χ1v) is 9.87. The number of aromatic nitrogens is 2. The molecule has 2 N–H and O–H groups in total. The molecule has 0 spiro atoms. The lowest BCUT2D eigenvalue weighted by molar-refractivity contribution is -0.115. The molecule has 162 valence electrons. The predicted octanol–water partition coefficient (Wildman–Crippen LogP) is 2.59. The lowest BCUT2D eigenvalue weighted by Crippen LogP contribution is -2.26. The number of ether oxygens (including phenoxy) is 2. The summed E-state index contributed by atoms with van der Waals surface area (Å²) in [4.78, 5) is 24.7. The summed E-state index contributed by atoms with van der Waals surface area (Å²) in [5.74, 6) is 1.29. The molecule has 0 radical (unpaired) electrons. The van der Waals surface area contributed by atoms with Crippen molar-refractivity contribution in [2.24, 2.45) is 7.05 Å². The SMILES string of the molecule is COc1ccc(CCNC(=O)c2cc(NC(=O)Cc3ccccc3)n(C)n2)cc1OC. The van der Waals surface area contributed by atoms with Gasteiger partial charge in [0.1, 0.15) is 5.82 Å². The Labute approximate surface area is 181 Å². The quantitative estimate of drug-likeness (QED) is 0.553. The van der Waals surface area contributed by atoms with E-state index in [4.69, 9.17) is 9.47 Å². The van der Waals surface area contributed by atoms with Gasteiger partial charge in [-0.05, 0) is 29.7 Å². The van der Waals surface area contributed by atoms with Gasteiger partial charge < -0.3 is 20.1 Å². The van der Waals surface area contributed by atoms with Crippen molar-refractivity contribution in [2.75, 3.05) is 26.1 Å². The van der Waals surface area contributed by atoms with Gasteiger partial charge in [-0.1, -0.05) is 36.4 Å². The van der Waals surface area contributed by atoms with Crippen molar-refractivity contribution < 1.29 is 19.1 Å². The van der Waals surface area contributed by atoms with E-state index in [1.54, 1.807) is 27.3 Å². The lowest BCUT2D eigenvalue weighted by atomic mass is 10.1. The zero-order chi connectivity index (χ0) is 22.2. The molecule has 8 heteroatoms. The molecule has 0 aliphatic carbocycles. The maximum atomic E-state index is 12.5. The summed E-state index contributed by atoms with van der Waals surface area (Å²) < 4.78 is 12.0. The molecule has 1 heterocycles. The standard InChI is InChI=1S/C23H26N4O4/c1-27-21(25-22(28)14-16-7-5-4-6-8-16)15-18(26-27)23(29)24-12-11-17-9-10-19(30-2)20(13-17)31-3/h4-10,13,15H,11-12,14H2,1-3H3,(H,24,29)(H,25,28). The van der Waals surface area contributed by atoms with Crippen LogP contribution in [0.5, 0.6) is 11.5 Å². The third-order valence-corrected chi connectivity index (χ3v) is 4.73. The summed E-state index contributed by atoms with van der Waals surface area (Å²) in [5, 5.41) is 9.84. The molecular weight excluding hydrogens is 396 g/mol. The van der Waals surface area contributed by atoms with E-state index in [2.05, 4.69) is 15.7 Å². The number of methoxy groups -OCH3 is 2. The number of carbonyl (C=O) groups excluding carboxylic acids is 2. The second-order valence-electron chi connectivity index (χ2n) is 6.94. The first-order chi connectivity index (χ1) is 15.0. The highest BCUT2D eigenvalue weighted by Gasteiger charge is 2.14. The Bertz CT molecular complexity index is 1050. The normalized spacial score (nSPS) is 10.4. The zero-order valence-corrected chi connectivity index (χ0v) is 17.8. The Morgan fingerprint density at radius 3 is 2.42 bits per heavy atom. The van der Waals surface area contributed by atoms with Crippen molar-refractivity contribution in [1.29, 1.82) is 0 Å². The van der Waals surface area contributed by atoms with E-state index < -0.39 is 0 Å². The molecule has 8 nitrogen and oxygen atoms in total. The average Bonchev–Trinajstić information content (AvgIpc) is 3.14. The third kappa shape index (κ3) is 5.85. The highest BCUT2D eigenvalue weighted by molar-refractivity contribution is 5.95. The molecule has 3 rings (SSSR count). The van der Waals surface area contributed by atoms with Gasteiger partial charge in [0.05, 0.1) is 20.6 Å². The van der Waals surface area contributed by atoms with Gasteiger partial charge in [-0.3, -0.25) is 14.3 Å². The second kappa shape index (κ2) is 10.3. The number of rotatable bonds is 9. The van der Waals surface area contributed by atoms with Gasteiger partial charge in [0.25, 0.3) is 5.91 Å². The largest absolute Gasteiger partial charge is 0.493 e. The number of nitrogens with one attached hydrogen (secondary N) is 2. The van der Waals surface area contributed by atoms with Crippen molar-refractivity contribution in [3.63, 3.8) is 0 Å². The number of aryl methyl sites for hydroxylation is 1. The number of amides is 2. The minimum atomic E-state index is -0.306. The molecule has 3 aromatic rings. The van der Waals surface area contributed by atoms with E-state index in [0.29, 0.717) is 30.3 Å². The third-order valence-electron chi connectivity index (χ3n) is 4.73. The van der Waals surface area contributed by atoms with Crippen LogP contribution in [0.3, 0.4) is 0 Å². The van der Waals surface area contributed by atoms with Crippen molar-refractivity contribution in [1.82, 2.24) is 15.1 Å². The molecular formula is C23H26N4O4. The second-order valence-corrected chi connectivity index (χ2v) is 6.94. The van der Waals surface area contributed by atoms with Gasteiger partial charge in [0.15, 0.2) is 17.2 Å². The molecule has 0 saturated carbocycles. The van der Waals surface area contributed by atoms with Crippen molar-refractivity contribution >= 4 is 17.6 Å². The summed E-state index contributed by atoms with van der Waals surface area (Å²) in [6.45, 7) is 0.431. The summed E-state index contributed by atoms with van der Waals surface area (Å²) >= 11 is 0. The molecule has 2 amide bonds. The van der Waals surface area contributed by atoms with Gasteiger partial charge in [0, 0.05) is 19.7 Å². The van der Waals surface area contributed by atoms with Crippen molar-refractivity contribution in [3.8, 4) is 11.5 Å². The smallest absolute Gasteiger partial charge is 0.271 e. The Hall–Kier alpha value is -3.81. The van der Waals surface area contributed by atoms with Crippen LogP contribution in [-0.4, -0.2) is 42.4 Å². The first-order valence-electron chi connectivity index (χ1n) is 9.87. The first kappa shape index (κ1) is 21.9. The Morgan fingerprint density at radius 1 is 0.968 bits per heavy atom.